The maximum Gasteiger partial charge on any atom is 0.161 e. The number of aromatic nitrogens is 2. The minimum Gasteiger partial charge on any atom is -0.228 e. The van der Waals surface area contributed by atoms with Crippen molar-refractivity contribution in [3.05, 3.63) is 57.9 Å². The van der Waals surface area contributed by atoms with Crippen molar-refractivity contribution in [2.45, 2.75) is 0 Å². The molecule has 3 rings (SSSR count). The summed E-state index contributed by atoms with van der Waals surface area (Å²) in [7, 11) is 0. The highest BCUT2D eigenvalue weighted by atomic mass is 79.9. The first-order valence-corrected chi connectivity index (χ1v) is 6.69. The van der Waals surface area contributed by atoms with E-state index in [2.05, 4.69) is 25.9 Å². The zero-order chi connectivity index (χ0) is 13.4. The van der Waals surface area contributed by atoms with Gasteiger partial charge in [-0.05, 0) is 30.3 Å². The van der Waals surface area contributed by atoms with Crippen molar-refractivity contribution in [2.75, 3.05) is 0 Å². The van der Waals surface area contributed by atoms with Gasteiger partial charge in [0.2, 0.25) is 0 Å². The van der Waals surface area contributed by atoms with Crippen molar-refractivity contribution in [3.8, 4) is 11.4 Å². The molecule has 0 amide bonds. The Hall–Kier alpha value is -1.52. The number of rotatable bonds is 1. The lowest BCUT2D eigenvalue weighted by Gasteiger charge is -2.05. The Kier molecular flexibility index (Phi) is 3.21. The van der Waals surface area contributed by atoms with Gasteiger partial charge in [-0.15, -0.1) is 0 Å². The van der Waals surface area contributed by atoms with Gasteiger partial charge in [-0.2, -0.15) is 0 Å². The molecule has 1 heterocycles. The highest BCUT2D eigenvalue weighted by molar-refractivity contribution is 9.10. The van der Waals surface area contributed by atoms with Crippen LogP contribution in [0.3, 0.4) is 0 Å². The highest BCUT2D eigenvalue weighted by Crippen LogP contribution is 2.27. The van der Waals surface area contributed by atoms with E-state index >= 15 is 0 Å². The van der Waals surface area contributed by atoms with Gasteiger partial charge in [0.1, 0.15) is 11.0 Å². The minimum atomic E-state index is -0.326. The van der Waals surface area contributed by atoms with Crippen LogP contribution in [-0.2, 0) is 0 Å². The van der Waals surface area contributed by atoms with Crippen LogP contribution in [0.2, 0.25) is 5.15 Å². The van der Waals surface area contributed by atoms with Crippen LogP contribution in [0.25, 0.3) is 22.3 Å². The second-order valence-electron chi connectivity index (χ2n) is 4.01. The lowest BCUT2D eigenvalue weighted by Crippen LogP contribution is -1.92. The topological polar surface area (TPSA) is 25.8 Å². The summed E-state index contributed by atoms with van der Waals surface area (Å²) in [6.45, 7) is 0. The molecule has 0 atom stereocenters. The van der Waals surface area contributed by atoms with Crippen LogP contribution in [0.5, 0.6) is 0 Å². The fraction of sp³-hybridized carbons (Fsp3) is 0. The summed E-state index contributed by atoms with van der Waals surface area (Å²) in [5.41, 5.74) is 1.33. The largest absolute Gasteiger partial charge is 0.228 e. The number of hydrogen-bond donors (Lipinski definition) is 0. The monoisotopic (exact) mass is 336 g/mol. The molecule has 2 aromatic carbocycles. The van der Waals surface area contributed by atoms with E-state index in [-0.39, 0.29) is 5.82 Å². The highest BCUT2D eigenvalue weighted by Gasteiger charge is 2.08. The van der Waals surface area contributed by atoms with Gasteiger partial charge in [0.05, 0.1) is 5.52 Å². The van der Waals surface area contributed by atoms with Gasteiger partial charge < -0.3 is 0 Å². The number of halogens is 3. The van der Waals surface area contributed by atoms with E-state index in [0.717, 1.165) is 15.4 Å². The van der Waals surface area contributed by atoms with Crippen LogP contribution in [0.4, 0.5) is 4.39 Å². The van der Waals surface area contributed by atoms with E-state index in [1.165, 1.54) is 12.1 Å². The van der Waals surface area contributed by atoms with Crippen LogP contribution in [0.1, 0.15) is 0 Å². The summed E-state index contributed by atoms with van der Waals surface area (Å²) in [4.78, 5) is 8.63. The van der Waals surface area contributed by atoms with E-state index in [9.17, 15) is 4.39 Å². The molecule has 0 radical (unpaired) electrons. The molecule has 19 heavy (non-hydrogen) atoms. The Bertz CT molecular complexity index is 776. The SMILES string of the molecule is Fc1cccc(-c2nc(Cl)c3cc(Br)ccc3n2)c1. The van der Waals surface area contributed by atoms with Crippen LogP contribution in [0.15, 0.2) is 46.9 Å². The molecule has 0 saturated carbocycles. The van der Waals surface area contributed by atoms with Gasteiger partial charge >= 0.3 is 0 Å². The molecule has 0 bridgehead atoms. The molecule has 0 spiro atoms. The third-order valence-corrected chi connectivity index (χ3v) is 3.48. The third kappa shape index (κ3) is 2.46. The average Bonchev–Trinajstić information content (AvgIpc) is 2.39. The zero-order valence-electron chi connectivity index (χ0n) is 9.57. The van der Waals surface area contributed by atoms with Gasteiger partial charge in [-0.25, -0.2) is 14.4 Å². The molecular formula is C14H7BrClFN2. The average molecular weight is 338 g/mol. The fourth-order valence-electron chi connectivity index (χ4n) is 1.82. The number of fused-ring (bicyclic) bond motifs is 1. The summed E-state index contributed by atoms with van der Waals surface area (Å²) < 4.78 is 14.1. The molecular weight excluding hydrogens is 331 g/mol. The van der Waals surface area contributed by atoms with E-state index in [1.54, 1.807) is 12.1 Å². The molecule has 0 N–H and O–H groups in total. The van der Waals surface area contributed by atoms with Crippen molar-refractivity contribution in [1.82, 2.24) is 9.97 Å². The fourth-order valence-corrected chi connectivity index (χ4v) is 2.41. The van der Waals surface area contributed by atoms with Crippen molar-refractivity contribution in [3.63, 3.8) is 0 Å². The van der Waals surface area contributed by atoms with Gasteiger partial charge in [-0.3, -0.25) is 0 Å². The lowest BCUT2D eigenvalue weighted by atomic mass is 10.2. The number of benzene rings is 2. The summed E-state index contributed by atoms with van der Waals surface area (Å²) in [6, 6.07) is 11.7. The van der Waals surface area contributed by atoms with Gasteiger partial charge in [0, 0.05) is 15.4 Å². The molecule has 0 saturated heterocycles. The predicted molar refractivity (Wildman–Crippen MR) is 77.6 cm³/mol. The molecule has 0 unspecified atom stereocenters. The first-order chi connectivity index (χ1) is 9.13. The Morgan fingerprint density at radius 1 is 1.05 bits per heavy atom. The quantitative estimate of drug-likeness (QED) is 0.593. The molecule has 5 heteroatoms. The first kappa shape index (κ1) is 12.5. The van der Waals surface area contributed by atoms with Crippen molar-refractivity contribution >= 4 is 38.4 Å². The maximum atomic E-state index is 13.2. The number of hydrogen-bond acceptors (Lipinski definition) is 2. The molecule has 2 nitrogen and oxygen atoms in total. The van der Waals surface area contributed by atoms with Crippen molar-refractivity contribution in [2.24, 2.45) is 0 Å². The molecule has 0 fully saturated rings. The van der Waals surface area contributed by atoms with E-state index < -0.39 is 0 Å². The standard InChI is InChI=1S/C14H7BrClFN2/c15-9-4-5-12-11(7-9)13(16)19-14(18-12)8-2-1-3-10(17)6-8/h1-7H. The van der Waals surface area contributed by atoms with Crippen LogP contribution < -0.4 is 0 Å². The van der Waals surface area contributed by atoms with Gasteiger partial charge in [0.25, 0.3) is 0 Å². The summed E-state index contributed by atoms with van der Waals surface area (Å²) >= 11 is 9.53. The Morgan fingerprint density at radius 2 is 1.89 bits per heavy atom. The molecule has 0 aliphatic rings. The smallest absolute Gasteiger partial charge is 0.161 e. The van der Waals surface area contributed by atoms with Crippen molar-refractivity contribution in [1.29, 1.82) is 0 Å². The number of nitrogens with zero attached hydrogens (tertiary/aromatic N) is 2. The summed E-state index contributed by atoms with van der Waals surface area (Å²) in [5, 5.41) is 1.11. The van der Waals surface area contributed by atoms with E-state index in [1.807, 2.05) is 18.2 Å². The maximum absolute atomic E-state index is 13.2. The Morgan fingerprint density at radius 3 is 2.68 bits per heavy atom. The second-order valence-corrected chi connectivity index (χ2v) is 5.28. The van der Waals surface area contributed by atoms with Crippen molar-refractivity contribution < 1.29 is 4.39 Å². The zero-order valence-corrected chi connectivity index (χ0v) is 11.9. The van der Waals surface area contributed by atoms with E-state index in [4.69, 9.17) is 11.6 Å². The van der Waals surface area contributed by atoms with Crippen LogP contribution >= 0.6 is 27.5 Å². The van der Waals surface area contributed by atoms with E-state index in [0.29, 0.717) is 16.5 Å². The van der Waals surface area contributed by atoms with Gasteiger partial charge in [-0.1, -0.05) is 39.7 Å². The lowest BCUT2D eigenvalue weighted by molar-refractivity contribution is 0.628. The molecule has 0 aliphatic heterocycles. The van der Waals surface area contributed by atoms with Crippen LogP contribution in [-0.4, -0.2) is 9.97 Å². The molecule has 1 aromatic heterocycles. The third-order valence-electron chi connectivity index (χ3n) is 2.69. The van der Waals surface area contributed by atoms with Gasteiger partial charge in [0.15, 0.2) is 5.82 Å². The molecule has 94 valence electrons. The summed E-state index contributed by atoms with van der Waals surface area (Å²) in [6.07, 6.45) is 0. The van der Waals surface area contributed by atoms with Crippen LogP contribution in [0, 0.1) is 5.82 Å². The Labute approximate surface area is 122 Å². The second kappa shape index (κ2) is 4.87. The molecule has 0 aliphatic carbocycles. The predicted octanol–water partition coefficient (Wildman–Crippen LogP) is 4.85. The minimum absolute atomic E-state index is 0.326. The first-order valence-electron chi connectivity index (χ1n) is 5.52. The summed E-state index contributed by atoms with van der Waals surface area (Å²) in [5.74, 6) is 0.0902. The Balaban J connectivity index is 2.24. The normalized spacial score (nSPS) is 10.9. The molecule has 3 aromatic rings.